The molecule has 0 radical (unpaired) electrons. The Balaban J connectivity index is 3.84. The molecule has 104 valence electrons. The monoisotopic (exact) mass is 246 g/mol. The average molecular weight is 246 g/mol. The normalized spacial score (nSPS) is 13.6. The van der Waals surface area contributed by atoms with E-state index in [-0.39, 0.29) is 0 Å². The van der Waals surface area contributed by atoms with Gasteiger partial charge in [-0.2, -0.15) is 0 Å². The summed E-state index contributed by atoms with van der Waals surface area (Å²) >= 11 is 0. The van der Waals surface area contributed by atoms with E-state index in [9.17, 15) is 0 Å². The van der Waals surface area contributed by atoms with Crippen LogP contribution in [-0.2, 0) is 9.47 Å². The van der Waals surface area contributed by atoms with Crippen LogP contribution in [0.4, 0.5) is 0 Å². The van der Waals surface area contributed by atoms with Crippen LogP contribution in [0.1, 0.15) is 20.8 Å². The van der Waals surface area contributed by atoms with Crippen LogP contribution in [0.2, 0.25) is 0 Å². The highest BCUT2D eigenvalue weighted by molar-refractivity contribution is 4.66. The molecule has 1 unspecified atom stereocenters. The number of nitrogens with zero attached hydrogens (tertiary/aromatic N) is 1. The van der Waals surface area contributed by atoms with Crippen LogP contribution in [0.25, 0.3) is 0 Å². The van der Waals surface area contributed by atoms with Gasteiger partial charge in [-0.1, -0.05) is 20.8 Å². The fourth-order valence-corrected chi connectivity index (χ4v) is 1.68. The van der Waals surface area contributed by atoms with Gasteiger partial charge in [-0.3, -0.25) is 4.90 Å². The molecule has 17 heavy (non-hydrogen) atoms. The van der Waals surface area contributed by atoms with Gasteiger partial charge in [0.2, 0.25) is 0 Å². The van der Waals surface area contributed by atoms with Gasteiger partial charge < -0.3 is 14.8 Å². The third-order valence-electron chi connectivity index (χ3n) is 2.67. The predicted molar refractivity (Wildman–Crippen MR) is 72.5 cm³/mol. The summed E-state index contributed by atoms with van der Waals surface area (Å²) < 4.78 is 10.3. The molecule has 0 amide bonds. The molecule has 1 atom stereocenters. The largest absolute Gasteiger partial charge is 0.383 e. The first kappa shape index (κ1) is 16.8. The standard InChI is InChI=1S/C13H30N2O2/c1-12(2)14-10-13(3)11-15(6-8-16-4)7-9-17-5/h12-14H,6-11H2,1-5H3. The minimum Gasteiger partial charge on any atom is -0.383 e. The molecule has 4 heteroatoms. The summed E-state index contributed by atoms with van der Waals surface area (Å²) in [6.07, 6.45) is 0. The molecular formula is C13H30N2O2. The van der Waals surface area contributed by atoms with E-state index in [1.165, 1.54) is 0 Å². The van der Waals surface area contributed by atoms with Crippen molar-refractivity contribution in [1.29, 1.82) is 0 Å². The van der Waals surface area contributed by atoms with Gasteiger partial charge in [0, 0.05) is 39.9 Å². The fraction of sp³-hybridized carbons (Fsp3) is 1.00. The smallest absolute Gasteiger partial charge is 0.0589 e. The predicted octanol–water partition coefficient (Wildman–Crippen LogP) is 1.22. The van der Waals surface area contributed by atoms with Crippen molar-refractivity contribution in [2.75, 3.05) is 53.6 Å². The van der Waals surface area contributed by atoms with Gasteiger partial charge in [0.25, 0.3) is 0 Å². The molecule has 0 fully saturated rings. The van der Waals surface area contributed by atoms with Gasteiger partial charge in [-0.15, -0.1) is 0 Å². The Morgan fingerprint density at radius 1 is 1.00 bits per heavy atom. The third kappa shape index (κ3) is 10.7. The number of rotatable bonds is 11. The minimum absolute atomic E-state index is 0.559. The lowest BCUT2D eigenvalue weighted by Crippen LogP contribution is -2.38. The molecule has 0 rings (SSSR count). The van der Waals surface area contributed by atoms with Gasteiger partial charge in [0.1, 0.15) is 0 Å². The van der Waals surface area contributed by atoms with Crippen LogP contribution in [0.3, 0.4) is 0 Å². The number of hydrogen-bond donors (Lipinski definition) is 1. The Hall–Kier alpha value is -0.160. The van der Waals surface area contributed by atoms with Crippen molar-refractivity contribution in [1.82, 2.24) is 10.2 Å². The van der Waals surface area contributed by atoms with Gasteiger partial charge in [-0.25, -0.2) is 0 Å². The molecule has 1 N–H and O–H groups in total. The molecule has 4 nitrogen and oxygen atoms in total. The Bertz CT molecular complexity index is 157. The van der Waals surface area contributed by atoms with E-state index in [1.807, 2.05) is 0 Å². The molecule has 0 saturated carbocycles. The molecule has 0 aliphatic heterocycles. The van der Waals surface area contributed by atoms with Crippen molar-refractivity contribution >= 4 is 0 Å². The van der Waals surface area contributed by atoms with Gasteiger partial charge >= 0.3 is 0 Å². The van der Waals surface area contributed by atoms with Crippen LogP contribution in [0, 0.1) is 5.92 Å². The molecular weight excluding hydrogens is 216 g/mol. The van der Waals surface area contributed by atoms with Crippen molar-refractivity contribution in [3.8, 4) is 0 Å². The Morgan fingerprint density at radius 3 is 1.94 bits per heavy atom. The molecule has 0 spiro atoms. The highest BCUT2D eigenvalue weighted by atomic mass is 16.5. The quantitative estimate of drug-likeness (QED) is 0.594. The van der Waals surface area contributed by atoms with E-state index in [0.717, 1.165) is 39.4 Å². The zero-order valence-electron chi connectivity index (χ0n) is 12.2. The number of hydrogen-bond acceptors (Lipinski definition) is 4. The summed E-state index contributed by atoms with van der Waals surface area (Å²) in [5, 5.41) is 3.47. The maximum atomic E-state index is 5.13. The van der Waals surface area contributed by atoms with E-state index < -0.39 is 0 Å². The highest BCUT2D eigenvalue weighted by Gasteiger charge is 2.10. The van der Waals surface area contributed by atoms with Crippen molar-refractivity contribution in [3.63, 3.8) is 0 Å². The molecule has 0 saturated heterocycles. The summed E-state index contributed by atoms with van der Waals surface area (Å²) in [6.45, 7) is 12.3. The zero-order valence-corrected chi connectivity index (χ0v) is 12.2. The Kier molecular flexibility index (Phi) is 10.9. The zero-order chi connectivity index (χ0) is 13.1. The van der Waals surface area contributed by atoms with Crippen molar-refractivity contribution in [3.05, 3.63) is 0 Å². The molecule has 0 bridgehead atoms. The third-order valence-corrected chi connectivity index (χ3v) is 2.67. The lowest BCUT2D eigenvalue weighted by atomic mass is 10.1. The van der Waals surface area contributed by atoms with Gasteiger partial charge in [-0.05, 0) is 12.5 Å². The number of ether oxygens (including phenoxy) is 2. The molecule has 0 heterocycles. The summed E-state index contributed by atoms with van der Waals surface area (Å²) in [4.78, 5) is 2.40. The van der Waals surface area contributed by atoms with Crippen molar-refractivity contribution in [2.45, 2.75) is 26.8 Å². The first-order chi connectivity index (χ1) is 8.10. The van der Waals surface area contributed by atoms with E-state index in [0.29, 0.717) is 12.0 Å². The van der Waals surface area contributed by atoms with Crippen LogP contribution in [-0.4, -0.2) is 64.6 Å². The summed E-state index contributed by atoms with van der Waals surface area (Å²) in [6, 6.07) is 0.559. The van der Waals surface area contributed by atoms with Crippen LogP contribution >= 0.6 is 0 Å². The Morgan fingerprint density at radius 2 is 1.53 bits per heavy atom. The van der Waals surface area contributed by atoms with E-state index >= 15 is 0 Å². The maximum absolute atomic E-state index is 5.13. The van der Waals surface area contributed by atoms with E-state index in [2.05, 4.69) is 31.0 Å². The minimum atomic E-state index is 0.559. The molecule has 0 aromatic heterocycles. The highest BCUT2D eigenvalue weighted by Crippen LogP contribution is 2.00. The maximum Gasteiger partial charge on any atom is 0.0589 e. The molecule has 0 aromatic rings. The van der Waals surface area contributed by atoms with E-state index in [4.69, 9.17) is 9.47 Å². The average Bonchev–Trinajstić information content (AvgIpc) is 2.30. The summed E-state index contributed by atoms with van der Waals surface area (Å²) in [5.74, 6) is 0.645. The number of nitrogens with one attached hydrogen (secondary N) is 1. The first-order valence-electron chi connectivity index (χ1n) is 6.53. The second kappa shape index (κ2) is 11.0. The lowest BCUT2D eigenvalue weighted by molar-refractivity contribution is 0.105. The van der Waals surface area contributed by atoms with Crippen molar-refractivity contribution < 1.29 is 9.47 Å². The topological polar surface area (TPSA) is 33.7 Å². The SMILES string of the molecule is COCCN(CCOC)CC(C)CNC(C)C. The molecule has 0 aliphatic carbocycles. The molecule has 0 aromatic carbocycles. The van der Waals surface area contributed by atoms with Gasteiger partial charge in [0.15, 0.2) is 0 Å². The fourth-order valence-electron chi connectivity index (χ4n) is 1.68. The number of methoxy groups -OCH3 is 2. The lowest BCUT2D eigenvalue weighted by Gasteiger charge is -2.25. The summed E-state index contributed by atoms with van der Waals surface area (Å²) in [5.41, 5.74) is 0. The van der Waals surface area contributed by atoms with Gasteiger partial charge in [0.05, 0.1) is 13.2 Å². The molecule has 0 aliphatic rings. The van der Waals surface area contributed by atoms with Crippen LogP contribution in [0.15, 0.2) is 0 Å². The van der Waals surface area contributed by atoms with E-state index in [1.54, 1.807) is 14.2 Å². The van der Waals surface area contributed by atoms with Crippen LogP contribution in [0.5, 0.6) is 0 Å². The van der Waals surface area contributed by atoms with Crippen LogP contribution < -0.4 is 5.32 Å². The Labute approximate surface area is 107 Å². The second-order valence-corrected chi connectivity index (χ2v) is 4.95. The summed E-state index contributed by atoms with van der Waals surface area (Å²) in [7, 11) is 3.50. The second-order valence-electron chi connectivity index (χ2n) is 4.95. The van der Waals surface area contributed by atoms with Crippen molar-refractivity contribution in [2.24, 2.45) is 5.92 Å². The first-order valence-corrected chi connectivity index (χ1v) is 6.53.